The van der Waals surface area contributed by atoms with Crippen LogP contribution < -0.4 is 0 Å². The molecular formula is C11H15NO6. The number of aromatic nitrogens is 1. The summed E-state index contributed by atoms with van der Waals surface area (Å²) in [5.74, 6) is -1.68. The van der Waals surface area contributed by atoms with E-state index in [-0.39, 0.29) is 24.7 Å². The Labute approximate surface area is 104 Å². The lowest BCUT2D eigenvalue weighted by atomic mass is 10.2. The minimum absolute atomic E-state index is 0.0612. The summed E-state index contributed by atoms with van der Waals surface area (Å²) in [7, 11) is 0. The van der Waals surface area contributed by atoms with E-state index in [1.807, 2.05) is 0 Å². The fourth-order valence-corrected chi connectivity index (χ4v) is 1.15. The van der Waals surface area contributed by atoms with Gasteiger partial charge in [0.1, 0.15) is 18.8 Å². The van der Waals surface area contributed by atoms with E-state index in [9.17, 15) is 9.59 Å². The predicted octanol–water partition coefficient (Wildman–Crippen LogP) is 1.23. The van der Waals surface area contributed by atoms with Crippen molar-refractivity contribution >= 4 is 11.9 Å². The summed E-state index contributed by atoms with van der Waals surface area (Å²) >= 11 is 0. The summed E-state index contributed by atoms with van der Waals surface area (Å²) in [5, 5.41) is 8.75. The summed E-state index contributed by atoms with van der Waals surface area (Å²) < 4.78 is 14.9. The number of ether oxygens (including phenoxy) is 2. The van der Waals surface area contributed by atoms with Crippen LogP contribution in [0.5, 0.6) is 0 Å². The van der Waals surface area contributed by atoms with Crippen LogP contribution in [0, 0.1) is 0 Å². The third-order valence-electron chi connectivity index (χ3n) is 1.72. The van der Waals surface area contributed by atoms with Crippen LogP contribution in [0.1, 0.15) is 37.0 Å². The number of rotatable bonds is 5. The van der Waals surface area contributed by atoms with Crippen molar-refractivity contribution in [3.8, 4) is 0 Å². The molecule has 0 amide bonds. The summed E-state index contributed by atoms with van der Waals surface area (Å²) in [4.78, 5) is 25.5. The molecule has 1 aromatic heterocycles. The Morgan fingerprint density at radius 1 is 1.44 bits per heavy atom. The van der Waals surface area contributed by atoms with Gasteiger partial charge in [0, 0.05) is 0 Å². The highest BCUT2D eigenvalue weighted by Crippen LogP contribution is 2.10. The van der Waals surface area contributed by atoms with Gasteiger partial charge in [0.2, 0.25) is 0 Å². The first kappa shape index (κ1) is 14.2. The van der Waals surface area contributed by atoms with Crippen LogP contribution in [-0.2, 0) is 20.9 Å². The van der Waals surface area contributed by atoms with E-state index in [1.54, 1.807) is 20.8 Å². The Kier molecular flexibility index (Phi) is 4.43. The number of carbonyl (C=O) groups is 2. The van der Waals surface area contributed by atoms with Crippen molar-refractivity contribution in [3.63, 3.8) is 0 Å². The van der Waals surface area contributed by atoms with Gasteiger partial charge in [0.25, 0.3) is 0 Å². The van der Waals surface area contributed by atoms with E-state index in [0.29, 0.717) is 0 Å². The molecule has 1 aromatic rings. The smallest absolute Gasteiger partial charge is 0.358 e. The molecule has 7 heteroatoms. The molecule has 0 aliphatic rings. The molecule has 100 valence electrons. The zero-order valence-electron chi connectivity index (χ0n) is 10.4. The third-order valence-corrected chi connectivity index (χ3v) is 1.72. The summed E-state index contributed by atoms with van der Waals surface area (Å²) in [6.07, 6.45) is 1.01. The van der Waals surface area contributed by atoms with Gasteiger partial charge in [-0.15, -0.1) is 0 Å². The van der Waals surface area contributed by atoms with Gasteiger partial charge in [-0.25, -0.2) is 14.6 Å². The van der Waals surface area contributed by atoms with Crippen molar-refractivity contribution < 1.29 is 28.6 Å². The lowest BCUT2D eigenvalue weighted by Crippen LogP contribution is -2.26. The predicted molar refractivity (Wildman–Crippen MR) is 59.0 cm³/mol. The molecule has 0 aromatic carbocycles. The highest BCUT2D eigenvalue weighted by Gasteiger charge is 2.18. The lowest BCUT2D eigenvalue weighted by molar-refractivity contribution is -0.160. The maximum Gasteiger partial charge on any atom is 0.358 e. The van der Waals surface area contributed by atoms with Crippen LogP contribution in [0.4, 0.5) is 0 Å². The van der Waals surface area contributed by atoms with Crippen molar-refractivity contribution in [1.82, 2.24) is 4.98 Å². The van der Waals surface area contributed by atoms with Gasteiger partial charge < -0.3 is 19.0 Å². The molecule has 1 N–H and O–H groups in total. The van der Waals surface area contributed by atoms with Crippen LogP contribution >= 0.6 is 0 Å². The zero-order chi connectivity index (χ0) is 13.8. The second-order valence-electron chi connectivity index (χ2n) is 4.51. The average Bonchev–Trinajstić information content (AvgIpc) is 2.62. The molecule has 1 heterocycles. The maximum atomic E-state index is 11.3. The van der Waals surface area contributed by atoms with Crippen molar-refractivity contribution in [1.29, 1.82) is 0 Å². The van der Waals surface area contributed by atoms with Crippen molar-refractivity contribution in [3.05, 3.63) is 17.8 Å². The van der Waals surface area contributed by atoms with Crippen LogP contribution in [0.3, 0.4) is 0 Å². The van der Waals surface area contributed by atoms with Gasteiger partial charge in [-0.2, -0.15) is 0 Å². The quantitative estimate of drug-likeness (QED) is 0.792. The van der Waals surface area contributed by atoms with E-state index in [1.165, 1.54) is 0 Å². The number of carbonyl (C=O) groups excluding carboxylic acids is 1. The van der Waals surface area contributed by atoms with Crippen LogP contribution in [-0.4, -0.2) is 34.2 Å². The number of hydrogen-bond donors (Lipinski definition) is 1. The van der Waals surface area contributed by atoms with Gasteiger partial charge in [0.15, 0.2) is 17.8 Å². The maximum absolute atomic E-state index is 11.3. The van der Waals surface area contributed by atoms with Crippen LogP contribution in [0.25, 0.3) is 0 Å². The van der Waals surface area contributed by atoms with E-state index < -0.39 is 17.5 Å². The lowest BCUT2D eigenvalue weighted by Gasteiger charge is -2.19. The Morgan fingerprint density at radius 2 is 2.11 bits per heavy atom. The second kappa shape index (κ2) is 5.63. The topological polar surface area (TPSA) is 98.9 Å². The summed E-state index contributed by atoms with van der Waals surface area (Å²) in [6, 6.07) is 0. The van der Waals surface area contributed by atoms with Gasteiger partial charge in [0.05, 0.1) is 0 Å². The molecule has 7 nitrogen and oxygen atoms in total. The number of aromatic carboxylic acids is 1. The molecule has 0 aliphatic carbocycles. The Bertz CT molecular complexity index is 431. The van der Waals surface area contributed by atoms with E-state index in [4.69, 9.17) is 19.0 Å². The minimum atomic E-state index is -1.21. The number of oxazole rings is 1. The largest absolute Gasteiger partial charge is 0.476 e. The summed E-state index contributed by atoms with van der Waals surface area (Å²) in [5.41, 5.74) is -0.807. The monoisotopic (exact) mass is 257 g/mol. The molecule has 0 fully saturated rings. The third kappa shape index (κ3) is 4.54. The van der Waals surface area contributed by atoms with Crippen molar-refractivity contribution in [2.45, 2.75) is 33.0 Å². The number of nitrogens with zero attached hydrogens (tertiary/aromatic N) is 1. The van der Waals surface area contributed by atoms with Gasteiger partial charge in [-0.05, 0) is 20.8 Å². The molecule has 0 aliphatic heterocycles. The number of carboxylic acid groups (broad SMARTS) is 1. The first-order valence-electron chi connectivity index (χ1n) is 5.25. The van der Waals surface area contributed by atoms with Gasteiger partial charge in [-0.1, -0.05) is 0 Å². The van der Waals surface area contributed by atoms with E-state index in [0.717, 1.165) is 6.39 Å². The molecule has 1 rings (SSSR count). The Morgan fingerprint density at radius 3 is 2.67 bits per heavy atom. The highest BCUT2D eigenvalue weighted by atomic mass is 16.6. The molecule has 0 spiro atoms. The fraction of sp³-hybridized carbons (Fsp3) is 0.545. The molecule has 0 radical (unpaired) electrons. The summed E-state index contributed by atoms with van der Waals surface area (Å²) in [6.45, 7) is 4.79. The van der Waals surface area contributed by atoms with Crippen molar-refractivity contribution in [2.75, 3.05) is 6.61 Å². The van der Waals surface area contributed by atoms with Crippen LogP contribution in [0.2, 0.25) is 0 Å². The van der Waals surface area contributed by atoms with E-state index in [2.05, 4.69) is 4.98 Å². The molecule has 0 unspecified atom stereocenters. The molecule has 0 saturated heterocycles. The molecule has 18 heavy (non-hydrogen) atoms. The first-order valence-corrected chi connectivity index (χ1v) is 5.25. The molecule has 0 bridgehead atoms. The zero-order valence-corrected chi connectivity index (χ0v) is 10.4. The minimum Gasteiger partial charge on any atom is -0.476 e. The number of carboxylic acids is 1. The molecular weight excluding hydrogens is 242 g/mol. The van der Waals surface area contributed by atoms with Crippen molar-refractivity contribution in [2.24, 2.45) is 0 Å². The highest BCUT2D eigenvalue weighted by molar-refractivity contribution is 5.86. The molecule has 0 atom stereocenters. The normalized spacial score (nSPS) is 11.3. The fourth-order valence-electron chi connectivity index (χ4n) is 1.15. The number of esters is 1. The SMILES string of the molecule is CC(C)(C)OC(=O)COCc1ocnc1C(=O)O. The number of hydrogen-bond acceptors (Lipinski definition) is 6. The second-order valence-corrected chi connectivity index (χ2v) is 4.51. The Hall–Kier alpha value is -1.89. The molecule has 0 saturated carbocycles. The standard InChI is InChI=1S/C11H15NO6/c1-11(2,3)18-8(13)5-16-4-7-9(10(14)15)12-6-17-7/h6H,4-5H2,1-3H3,(H,14,15). The Balaban J connectivity index is 2.40. The average molecular weight is 257 g/mol. The van der Waals surface area contributed by atoms with Gasteiger partial charge in [-0.3, -0.25) is 0 Å². The first-order chi connectivity index (χ1) is 8.29. The van der Waals surface area contributed by atoms with Crippen LogP contribution in [0.15, 0.2) is 10.8 Å². The van der Waals surface area contributed by atoms with E-state index >= 15 is 0 Å². The van der Waals surface area contributed by atoms with Gasteiger partial charge >= 0.3 is 11.9 Å².